The zero-order chi connectivity index (χ0) is 19.0. The van der Waals surface area contributed by atoms with Gasteiger partial charge in [0.2, 0.25) is 0 Å². The zero-order valence-corrected chi connectivity index (χ0v) is 16.3. The number of pyridine rings is 2. The molecule has 0 aromatic carbocycles. The molecule has 1 aliphatic rings. The molecule has 6 nitrogen and oxygen atoms in total. The van der Waals surface area contributed by atoms with E-state index in [4.69, 9.17) is 5.73 Å². The summed E-state index contributed by atoms with van der Waals surface area (Å²) in [7, 11) is 0. The fraction of sp³-hybridized carbons (Fsp3) is 0.350. The number of nitrogens with one attached hydrogen (secondary N) is 1. The van der Waals surface area contributed by atoms with Crippen molar-refractivity contribution in [1.29, 1.82) is 0 Å². The molecule has 1 unspecified atom stereocenters. The molecule has 1 aliphatic heterocycles. The zero-order valence-electron chi connectivity index (χ0n) is 15.5. The van der Waals surface area contributed by atoms with E-state index in [2.05, 4.69) is 27.1 Å². The summed E-state index contributed by atoms with van der Waals surface area (Å²) in [4.78, 5) is 24.9. The summed E-state index contributed by atoms with van der Waals surface area (Å²) < 4.78 is 1.09. The van der Waals surface area contributed by atoms with Gasteiger partial charge in [-0.15, -0.1) is 11.3 Å². The lowest BCUT2D eigenvalue weighted by molar-refractivity contribution is 0.102. The number of anilines is 2. The van der Waals surface area contributed by atoms with E-state index in [1.54, 1.807) is 29.8 Å². The maximum absolute atomic E-state index is 12.8. The van der Waals surface area contributed by atoms with Crippen LogP contribution in [0.15, 0.2) is 36.7 Å². The molecule has 0 spiro atoms. The molecule has 3 N–H and O–H groups in total. The molecule has 3 aromatic heterocycles. The Morgan fingerprint density at radius 1 is 1.33 bits per heavy atom. The molecule has 4 heterocycles. The first-order chi connectivity index (χ1) is 13.0. The second kappa shape index (κ2) is 7.25. The number of hydrogen-bond acceptors (Lipinski definition) is 6. The van der Waals surface area contributed by atoms with Crippen LogP contribution in [0.4, 0.5) is 11.4 Å². The summed E-state index contributed by atoms with van der Waals surface area (Å²) in [6.07, 6.45) is 4.45. The molecule has 27 heavy (non-hydrogen) atoms. The van der Waals surface area contributed by atoms with Gasteiger partial charge in [0.15, 0.2) is 0 Å². The minimum atomic E-state index is -0.232. The Morgan fingerprint density at radius 2 is 2.19 bits per heavy atom. The van der Waals surface area contributed by atoms with Crippen molar-refractivity contribution in [3.63, 3.8) is 0 Å². The van der Waals surface area contributed by atoms with Gasteiger partial charge in [-0.25, -0.2) is 4.98 Å². The van der Waals surface area contributed by atoms with Crippen LogP contribution in [0.25, 0.3) is 10.2 Å². The lowest BCUT2D eigenvalue weighted by Crippen LogP contribution is -2.46. The lowest BCUT2D eigenvalue weighted by atomic mass is 9.96. The highest BCUT2D eigenvalue weighted by molar-refractivity contribution is 7.18. The van der Waals surface area contributed by atoms with E-state index in [0.29, 0.717) is 17.3 Å². The molecule has 4 rings (SSSR count). The summed E-state index contributed by atoms with van der Waals surface area (Å²) in [5, 5.41) is 2.98. The minimum absolute atomic E-state index is 0.136. The molecule has 3 aromatic rings. The van der Waals surface area contributed by atoms with Crippen molar-refractivity contribution < 1.29 is 4.79 Å². The van der Waals surface area contributed by atoms with Crippen molar-refractivity contribution in [3.8, 4) is 0 Å². The number of hydrogen-bond donors (Lipinski definition) is 2. The van der Waals surface area contributed by atoms with Gasteiger partial charge in [0.25, 0.3) is 5.91 Å². The van der Waals surface area contributed by atoms with Crippen molar-refractivity contribution in [1.82, 2.24) is 9.97 Å². The van der Waals surface area contributed by atoms with E-state index < -0.39 is 0 Å². The number of amides is 1. The largest absolute Gasteiger partial charge is 0.368 e. The topological polar surface area (TPSA) is 84.1 Å². The number of piperidine rings is 1. The fourth-order valence-electron chi connectivity index (χ4n) is 3.72. The van der Waals surface area contributed by atoms with Crippen LogP contribution >= 0.6 is 11.3 Å². The van der Waals surface area contributed by atoms with Gasteiger partial charge in [-0.1, -0.05) is 6.92 Å². The quantitative estimate of drug-likeness (QED) is 0.726. The van der Waals surface area contributed by atoms with Crippen LogP contribution < -0.4 is 16.0 Å². The number of nitrogens with two attached hydrogens (primary N) is 1. The van der Waals surface area contributed by atoms with Crippen molar-refractivity contribution in [2.45, 2.75) is 26.3 Å². The lowest BCUT2D eigenvalue weighted by Gasteiger charge is -2.37. The molecular weight excluding hydrogens is 358 g/mol. The predicted molar refractivity (Wildman–Crippen MR) is 111 cm³/mol. The number of carbonyl (C=O) groups is 1. The SMILES string of the molecule is Cc1cc2nc(C(=O)Nc3cnccc3N3CC(N)C[C@@H](C)C3)ccc2s1. The summed E-state index contributed by atoms with van der Waals surface area (Å²) in [5.74, 6) is 0.278. The van der Waals surface area contributed by atoms with E-state index in [9.17, 15) is 4.79 Å². The Kier molecular flexibility index (Phi) is 4.80. The van der Waals surface area contributed by atoms with Gasteiger partial charge in [0, 0.05) is 30.2 Å². The number of thiophene rings is 1. The standard InChI is InChI=1S/C20H23N5OS/c1-12-7-14(21)11-25(10-12)18-5-6-22-9-17(18)24-20(26)15-3-4-19-16(23-15)8-13(2)27-19/h3-6,8-9,12,14H,7,10-11,21H2,1-2H3,(H,24,26)/t12-,14?/m1/s1. The van der Waals surface area contributed by atoms with Crippen molar-refractivity contribution in [2.75, 3.05) is 23.3 Å². The Balaban J connectivity index is 1.59. The first-order valence-corrected chi connectivity index (χ1v) is 9.94. The van der Waals surface area contributed by atoms with Gasteiger partial charge >= 0.3 is 0 Å². The Labute approximate surface area is 162 Å². The smallest absolute Gasteiger partial charge is 0.274 e. The molecule has 0 bridgehead atoms. The van der Waals surface area contributed by atoms with Gasteiger partial charge in [0.1, 0.15) is 5.69 Å². The minimum Gasteiger partial charge on any atom is -0.368 e. The average molecular weight is 382 g/mol. The highest BCUT2D eigenvalue weighted by Gasteiger charge is 2.24. The molecule has 1 fully saturated rings. The van der Waals surface area contributed by atoms with Crippen LogP contribution in [-0.4, -0.2) is 35.0 Å². The highest BCUT2D eigenvalue weighted by atomic mass is 32.1. The molecule has 2 atom stereocenters. The van der Waals surface area contributed by atoms with Gasteiger partial charge in [-0.3, -0.25) is 9.78 Å². The maximum atomic E-state index is 12.8. The van der Waals surface area contributed by atoms with Crippen molar-refractivity contribution in [2.24, 2.45) is 11.7 Å². The summed E-state index contributed by atoms with van der Waals surface area (Å²) in [6, 6.07) is 7.78. The number of fused-ring (bicyclic) bond motifs is 1. The third kappa shape index (κ3) is 3.79. The van der Waals surface area contributed by atoms with E-state index in [1.165, 1.54) is 4.88 Å². The van der Waals surface area contributed by atoms with Crippen LogP contribution in [0.5, 0.6) is 0 Å². The number of nitrogens with zero attached hydrogens (tertiary/aromatic N) is 3. The number of aromatic nitrogens is 2. The second-order valence-corrected chi connectivity index (χ2v) is 8.58. The molecule has 7 heteroatoms. The molecule has 0 aliphatic carbocycles. The van der Waals surface area contributed by atoms with Gasteiger partial charge in [-0.05, 0) is 43.5 Å². The van der Waals surface area contributed by atoms with Gasteiger partial charge in [-0.2, -0.15) is 0 Å². The van der Waals surface area contributed by atoms with Crippen LogP contribution in [0.1, 0.15) is 28.7 Å². The van der Waals surface area contributed by atoms with Gasteiger partial charge < -0.3 is 16.0 Å². The van der Waals surface area contributed by atoms with Crippen LogP contribution in [0, 0.1) is 12.8 Å². The summed E-state index contributed by atoms with van der Waals surface area (Å²) in [6.45, 7) is 5.93. The number of aryl methyl sites for hydroxylation is 1. The molecule has 1 saturated heterocycles. The maximum Gasteiger partial charge on any atom is 0.274 e. The normalized spacial score (nSPS) is 20.0. The van der Waals surface area contributed by atoms with Crippen LogP contribution in [-0.2, 0) is 0 Å². The summed E-state index contributed by atoms with van der Waals surface area (Å²) >= 11 is 1.68. The average Bonchev–Trinajstić information content (AvgIpc) is 3.00. The predicted octanol–water partition coefficient (Wildman–Crippen LogP) is 3.43. The first kappa shape index (κ1) is 17.9. The molecule has 0 radical (unpaired) electrons. The van der Waals surface area contributed by atoms with Crippen LogP contribution in [0.3, 0.4) is 0 Å². The molecule has 1 amide bonds. The second-order valence-electron chi connectivity index (χ2n) is 7.29. The molecular formula is C20H23N5OS. The number of carbonyl (C=O) groups excluding carboxylic acids is 1. The third-order valence-electron chi connectivity index (χ3n) is 4.81. The Morgan fingerprint density at radius 3 is 3.00 bits per heavy atom. The van der Waals surface area contributed by atoms with Crippen LogP contribution in [0.2, 0.25) is 0 Å². The molecule has 0 saturated carbocycles. The van der Waals surface area contributed by atoms with E-state index >= 15 is 0 Å². The van der Waals surface area contributed by atoms with Crippen molar-refractivity contribution in [3.05, 3.63) is 47.2 Å². The van der Waals surface area contributed by atoms with Crippen molar-refractivity contribution >= 4 is 38.8 Å². The highest BCUT2D eigenvalue weighted by Crippen LogP contribution is 2.29. The summed E-state index contributed by atoms with van der Waals surface area (Å²) in [5.41, 5.74) is 9.09. The Bertz CT molecular complexity index is 975. The number of rotatable bonds is 3. The Hall–Kier alpha value is -2.51. The fourth-order valence-corrected chi connectivity index (χ4v) is 4.58. The monoisotopic (exact) mass is 381 g/mol. The third-order valence-corrected chi connectivity index (χ3v) is 5.81. The van der Waals surface area contributed by atoms with E-state index in [-0.39, 0.29) is 11.9 Å². The first-order valence-electron chi connectivity index (χ1n) is 9.12. The van der Waals surface area contributed by atoms with Gasteiger partial charge in [0.05, 0.1) is 27.8 Å². The van der Waals surface area contributed by atoms with E-state index in [1.807, 2.05) is 25.1 Å². The van der Waals surface area contributed by atoms with E-state index in [0.717, 1.165) is 35.4 Å². The molecule has 140 valence electrons.